The second-order valence-corrected chi connectivity index (χ2v) is 11.1. The van der Waals surface area contributed by atoms with Crippen molar-refractivity contribution < 1.29 is 19.1 Å². The van der Waals surface area contributed by atoms with E-state index in [1.807, 2.05) is 24.0 Å². The molecule has 1 spiro atoms. The van der Waals surface area contributed by atoms with Crippen molar-refractivity contribution in [3.05, 3.63) is 69.2 Å². The summed E-state index contributed by atoms with van der Waals surface area (Å²) in [6.45, 7) is 8.88. The molecule has 3 atom stereocenters. The summed E-state index contributed by atoms with van der Waals surface area (Å²) in [5.41, 5.74) is 1.41. The molecule has 2 aromatic carbocycles. The van der Waals surface area contributed by atoms with Gasteiger partial charge in [-0.2, -0.15) is 0 Å². The number of halogens is 2. The van der Waals surface area contributed by atoms with Gasteiger partial charge in [-0.15, -0.1) is 0 Å². The van der Waals surface area contributed by atoms with Gasteiger partial charge in [0.15, 0.2) is 0 Å². The molecule has 8 heteroatoms. The second kappa shape index (κ2) is 9.57. The Kier molecular flexibility index (Phi) is 7.02. The van der Waals surface area contributed by atoms with E-state index in [4.69, 9.17) is 37.7 Å². The van der Waals surface area contributed by atoms with E-state index in [1.165, 1.54) is 7.11 Å². The molecule has 2 unspecified atom stereocenters. The number of aliphatic imine (C=N–C) groups is 1. The fraction of sp³-hybridized carbons (Fsp3) is 0.444. The Morgan fingerprint density at radius 1 is 1.17 bits per heavy atom. The normalized spacial score (nSPS) is 23.4. The van der Waals surface area contributed by atoms with Gasteiger partial charge in [0, 0.05) is 28.5 Å². The third-order valence-electron chi connectivity index (χ3n) is 6.83. The maximum Gasteiger partial charge on any atom is 0.337 e. The Hall–Kier alpha value is -2.41. The predicted molar refractivity (Wildman–Crippen MR) is 137 cm³/mol. The number of hydrogen-bond acceptors (Lipinski definition) is 5. The highest BCUT2D eigenvalue weighted by molar-refractivity contribution is 6.47. The predicted octanol–water partition coefficient (Wildman–Crippen LogP) is 6.09. The number of amides is 1. The van der Waals surface area contributed by atoms with Gasteiger partial charge in [0.25, 0.3) is 5.91 Å². The van der Waals surface area contributed by atoms with Crippen molar-refractivity contribution in [2.75, 3.05) is 13.7 Å². The van der Waals surface area contributed by atoms with E-state index >= 15 is 0 Å². The largest absolute Gasteiger partial charge is 0.465 e. The van der Waals surface area contributed by atoms with Crippen molar-refractivity contribution >= 4 is 40.8 Å². The molecular weight excluding hydrogens is 487 g/mol. The SMILES string of the molecule is COC(=O)c1ccc([C@@H](C)N2C(=O)C(c3cc(Cl)cc(Cl)c3)=NC23CCOC(C(C)(C)C)C3)cc1. The molecule has 6 nitrogen and oxygen atoms in total. The van der Waals surface area contributed by atoms with Crippen molar-refractivity contribution in [3.63, 3.8) is 0 Å². The number of benzene rings is 2. The molecule has 0 N–H and O–H groups in total. The molecule has 0 aliphatic carbocycles. The Morgan fingerprint density at radius 3 is 2.37 bits per heavy atom. The topological polar surface area (TPSA) is 68.2 Å². The molecule has 186 valence electrons. The summed E-state index contributed by atoms with van der Waals surface area (Å²) >= 11 is 12.5. The quantitative estimate of drug-likeness (QED) is 0.460. The average molecular weight is 517 g/mol. The summed E-state index contributed by atoms with van der Waals surface area (Å²) in [4.78, 5) is 32.8. The molecule has 0 radical (unpaired) electrons. The zero-order chi connectivity index (χ0) is 25.5. The number of nitrogens with zero attached hydrogens (tertiary/aromatic N) is 2. The third-order valence-corrected chi connectivity index (χ3v) is 7.26. The van der Waals surface area contributed by atoms with Crippen molar-refractivity contribution in [1.82, 2.24) is 4.90 Å². The van der Waals surface area contributed by atoms with Gasteiger partial charge in [0.05, 0.1) is 31.4 Å². The Morgan fingerprint density at radius 2 is 1.80 bits per heavy atom. The Bertz CT molecular complexity index is 1150. The molecule has 0 bridgehead atoms. The maximum atomic E-state index is 14.0. The third kappa shape index (κ3) is 4.97. The molecule has 35 heavy (non-hydrogen) atoms. The molecule has 0 saturated carbocycles. The van der Waals surface area contributed by atoms with E-state index in [-0.39, 0.29) is 23.5 Å². The minimum atomic E-state index is -0.766. The van der Waals surface area contributed by atoms with Gasteiger partial charge in [0.1, 0.15) is 11.4 Å². The van der Waals surface area contributed by atoms with E-state index in [0.717, 1.165) is 5.56 Å². The number of methoxy groups -OCH3 is 1. The van der Waals surface area contributed by atoms with Crippen LogP contribution in [0.15, 0.2) is 47.5 Å². The molecular formula is C27H30Cl2N2O4. The van der Waals surface area contributed by atoms with Crippen LogP contribution in [0.2, 0.25) is 10.0 Å². The van der Waals surface area contributed by atoms with Crippen LogP contribution in [0.5, 0.6) is 0 Å². The van der Waals surface area contributed by atoms with Gasteiger partial charge in [-0.1, -0.05) is 56.1 Å². The fourth-order valence-electron chi connectivity index (χ4n) is 4.89. The minimum Gasteiger partial charge on any atom is -0.465 e. The summed E-state index contributed by atoms with van der Waals surface area (Å²) in [5.74, 6) is -0.582. The first-order chi connectivity index (χ1) is 16.4. The van der Waals surface area contributed by atoms with Gasteiger partial charge >= 0.3 is 5.97 Å². The summed E-state index contributed by atoms with van der Waals surface area (Å²) in [6, 6.07) is 11.9. The first kappa shape index (κ1) is 25.7. The molecule has 2 aromatic rings. The zero-order valence-electron chi connectivity index (χ0n) is 20.6. The highest BCUT2D eigenvalue weighted by atomic mass is 35.5. The summed E-state index contributed by atoms with van der Waals surface area (Å²) < 4.78 is 10.9. The van der Waals surface area contributed by atoms with E-state index in [9.17, 15) is 9.59 Å². The van der Waals surface area contributed by atoms with Gasteiger partial charge in [0.2, 0.25) is 0 Å². The van der Waals surface area contributed by atoms with Crippen molar-refractivity contribution in [3.8, 4) is 0 Å². The van der Waals surface area contributed by atoms with Crippen LogP contribution in [0.1, 0.15) is 68.1 Å². The van der Waals surface area contributed by atoms with Crippen molar-refractivity contribution in [2.45, 2.75) is 58.3 Å². The van der Waals surface area contributed by atoms with Crippen molar-refractivity contribution in [1.29, 1.82) is 0 Å². The van der Waals surface area contributed by atoms with Gasteiger partial charge in [-0.25, -0.2) is 4.79 Å². The molecule has 2 heterocycles. The highest BCUT2D eigenvalue weighted by Crippen LogP contribution is 2.46. The molecule has 2 aliphatic rings. The number of carbonyl (C=O) groups excluding carboxylic acids is 2. The number of ether oxygens (including phenoxy) is 2. The molecule has 1 saturated heterocycles. The van der Waals surface area contributed by atoms with Crippen LogP contribution in [0.4, 0.5) is 0 Å². The zero-order valence-corrected chi connectivity index (χ0v) is 22.1. The number of esters is 1. The Balaban J connectivity index is 1.78. The van der Waals surface area contributed by atoms with Crippen LogP contribution < -0.4 is 0 Å². The average Bonchev–Trinajstić information content (AvgIpc) is 3.08. The molecule has 0 aromatic heterocycles. The smallest absolute Gasteiger partial charge is 0.337 e. The molecule has 2 aliphatic heterocycles. The lowest BCUT2D eigenvalue weighted by Gasteiger charge is -2.47. The van der Waals surface area contributed by atoms with Crippen LogP contribution in [-0.4, -0.2) is 48.0 Å². The second-order valence-electron chi connectivity index (χ2n) is 10.2. The summed E-state index contributed by atoms with van der Waals surface area (Å²) in [7, 11) is 1.35. The molecule has 1 fully saturated rings. The van der Waals surface area contributed by atoms with Crippen LogP contribution in [0.3, 0.4) is 0 Å². The fourth-order valence-corrected chi connectivity index (χ4v) is 5.42. The van der Waals surface area contributed by atoms with Gasteiger partial charge < -0.3 is 14.4 Å². The first-order valence-electron chi connectivity index (χ1n) is 11.6. The first-order valence-corrected chi connectivity index (χ1v) is 12.4. The monoisotopic (exact) mass is 516 g/mol. The lowest BCUT2D eigenvalue weighted by molar-refractivity contribution is -0.144. The minimum absolute atomic E-state index is 0.0773. The van der Waals surface area contributed by atoms with Crippen LogP contribution >= 0.6 is 23.2 Å². The van der Waals surface area contributed by atoms with E-state index in [0.29, 0.717) is 46.3 Å². The van der Waals surface area contributed by atoms with Gasteiger partial charge in [-0.3, -0.25) is 9.79 Å². The van der Waals surface area contributed by atoms with Crippen LogP contribution in [0, 0.1) is 5.41 Å². The maximum absolute atomic E-state index is 14.0. The van der Waals surface area contributed by atoms with E-state index in [1.54, 1.807) is 30.3 Å². The molecule has 1 amide bonds. The standard InChI is InChI=1S/C27H30Cl2N2O4/c1-16(17-6-8-18(9-7-17)25(33)34-5)31-24(32)23(19-12-20(28)14-21(29)13-19)30-27(31)10-11-35-22(15-27)26(2,3)4/h6-9,12-14,16,22H,10-11,15H2,1-5H3/t16-,22?,27?/m1/s1. The van der Waals surface area contributed by atoms with E-state index < -0.39 is 11.6 Å². The lowest BCUT2D eigenvalue weighted by atomic mass is 9.80. The lowest BCUT2D eigenvalue weighted by Crippen LogP contribution is -2.55. The summed E-state index contributed by atoms with van der Waals surface area (Å²) in [6.07, 6.45) is 1.07. The van der Waals surface area contributed by atoms with Gasteiger partial charge in [-0.05, 0) is 48.2 Å². The number of rotatable bonds is 4. The number of hydrogen-bond donors (Lipinski definition) is 0. The number of carbonyl (C=O) groups is 2. The highest BCUT2D eigenvalue weighted by Gasteiger charge is 2.53. The summed E-state index contributed by atoms with van der Waals surface area (Å²) in [5, 5.41) is 0.892. The van der Waals surface area contributed by atoms with Crippen LogP contribution in [-0.2, 0) is 14.3 Å². The van der Waals surface area contributed by atoms with E-state index in [2.05, 4.69) is 20.8 Å². The van der Waals surface area contributed by atoms with Crippen LogP contribution in [0.25, 0.3) is 0 Å². The Labute approximate surface area is 216 Å². The molecule has 4 rings (SSSR count). The van der Waals surface area contributed by atoms with Crippen molar-refractivity contribution in [2.24, 2.45) is 10.4 Å².